The van der Waals surface area contributed by atoms with Crippen molar-refractivity contribution >= 4 is 22.9 Å². The Morgan fingerprint density at radius 3 is 2.67 bits per heavy atom. The van der Waals surface area contributed by atoms with Crippen LogP contribution in [0.3, 0.4) is 0 Å². The summed E-state index contributed by atoms with van der Waals surface area (Å²) in [6.07, 6.45) is 5.43. The maximum absolute atomic E-state index is 5.74. The molecule has 3 heteroatoms. The molecule has 0 radical (unpaired) electrons. The van der Waals surface area contributed by atoms with E-state index < -0.39 is 0 Å². The predicted octanol–water partition coefficient (Wildman–Crippen LogP) is 2.62. The molecular weight excluding hydrogens is 265 g/mol. The van der Waals surface area contributed by atoms with Gasteiger partial charge in [0.25, 0.3) is 0 Å². The molecule has 72 valence electrons. The molecule has 0 aliphatic carbocycles. The van der Waals surface area contributed by atoms with Crippen molar-refractivity contribution in [1.29, 1.82) is 0 Å². The molecule has 1 saturated heterocycles. The van der Waals surface area contributed by atoms with Gasteiger partial charge in [-0.05, 0) is 19.3 Å². The summed E-state index contributed by atoms with van der Waals surface area (Å²) in [7, 11) is 0. The average molecular weight is 283 g/mol. The summed E-state index contributed by atoms with van der Waals surface area (Å²) in [6, 6.07) is 0. The summed E-state index contributed by atoms with van der Waals surface area (Å²) in [5, 5.41) is 0. The predicted molar refractivity (Wildman–Crippen MR) is 59.5 cm³/mol. The lowest BCUT2D eigenvalue weighted by Crippen LogP contribution is -2.31. The smallest absolute Gasteiger partial charge is 0.0600 e. The van der Waals surface area contributed by atoms with Gasteiger partial charge in [-0.3, -0.25) is 0 Å². The Morgan fingerprint density at radius 1 is 1.42 bits per heavy atom. The molecule has 0 amide bonds. The Labute approximate surface area is 89.1 Å². The van der Waals surface area contributed by atoms with E-state index >= 15 is 0 Å². The third kappa shape index (κ3) is 4.05. The van der Waals surface area contributed by atoms with E-state index in [2.05, 4.69) is 32.9 Å². The molecule has 1 aliphatic heterocycles. The summed E-state index contributed by atoms with van der Waals surface area (Å²) < 4.78 is 8.09. The molecule has 0 aromatic rings. The number of halogens is 1. The van der Waals surface area contributed by atoms with Crippen molar-refractivity contribution in [2.24, 2.45) is 0 Å². The van der Waals surface area contributed by atoms with Crippen molar-refractivity contribution in [3.05, 3.63) is 0 Å². The molecular formula is C9H18INO. The highest BCUT2D eigenvalue weighted by atomic mass is 127. The van der Waals surface area contributed by atoms with E-state index in [1.165, 1.54) is 38.8 Å². The molecule has 0 unspecified atom stereocenters. The Kier molecular flexibility index (Phi) is 5.50. The van der Waals surface area contributed by atoms with Crippen LogP contribution in [0, 0.1) is 0 Å². The van der Waals surface area contributed by atoms with Gasteiger partial charge in [0.05, 0.1) is 6.10 Å². The standard InChI is InChI=1S/C9H18INO/c1-2-3-8-12-9-4-6-11(10)7-5-9/h9H,2-8H2,1H3. The highest BCUT2D eigenvalue weighted by Gasteiger charge is 2.17. The third-order valence-corrected chi connectivity index (χ3v) is 3.20. The van der Waals surface area contributed by atoms with E-state index in [0.717, 1.165) is 6.61 Å². The van der Waals surface area contributed by atoms with Gasteiger partial charge < -0.3 is 4.74 Å². The van der Waals surface area contributed by atoms with E-state index in [9.17, 15) is 0 Å². The van der Waals surface area contributed by atoms with Gasteiger partial charge in [-0.2, -0.15) is 0 Å². The number of piperidine rings is 1. The second-order valence-electron chi connectivity index (χ2n) is 3.33. The number of rotatable bonds is 4. The minimum Gasteiger partial charge on any atom is -0.378 e. The van der Waals surface area contributed by atoms with Gasteiger partial charge >= 0.3 is 0 Å². The number of ether oxygens (including phenoxy) is 1. The molecule has 1 fully saturated rings. The first kappa shape index (κ1) is 10.7. The van der Waals surface area contributed by atoms with Crippen molar-refractivity contribution in [3.63, 3.8) is 0 Å². The van der Waals surface area contributed by atoms with Crippen LogP contribution in [0.5, 0.6) is 0 Å². The van der Waals surface area contributed by atoms with Gasteiger partial charge in [0.2, 0.25) is 0 Å². The van der Waals surface area contributed by atoms with Crippen LogP contribution < -0.4 is 0 Å². The molecule has 1 heterocycles. The summed E-state index contributed by atoms with van der Waals surface area (Å²) in [4.78, 5) is 0. The average Bonchev–Trinajstić information content (AvgIpc) is 2.09. The number of hydrogen-bond acceptors (Lipinski definition) is 2. The fourth-order valence-electron chi connectivity index (χ4n) is 1.39. The van der Waals surface area contributed by atoms with Crippen molar-refractivity contribution in [1.82, 2.24) is 3.11 Å². The zero-order valence-corrected chi connectivity index (χ0v) is 9.92. The molecule has 1 rings (SSSR count). The van der Waals surface area contributed by atoms with Crippen LogP contribution in [0.1, 0.15) is 32.6 Å². The number of nitrogens with zero attached hydrogens (tertiary/aromatic N) is 1. The second-order valence-corrected chi connectivity index (χ2v) is 4.70. The van der Waals surface area contributed by atoms with E-state index in [1.807, 2.05) is 0 Å². The normalized spacial score (nSPS) is 21.5. The maximum atomic E-state index is 5.74. The molecule has 0 aromatic heterocycles. The van der Waals surface area contributed by atoms with Gasteiger partial charge in [-0.15, -0.1) is 0 Å². The Balaban J connectivity index is 2.01. The Morgan fingerprint density at radius 2 is 2.08 bits per heavy atom. The molecule has 2 nitrogen and oxygen atoms in total. The molecule has 0 saturated carbocycles. The molecule has 12 heavy (non-hydrogen) atoms. The Hall–Kier alpha value is 0.650. The minimum atomic E-state index is 0.544. The van der Waals surface area contributed by atoms with Crippen LogP contribution in [0.25, 0.3) is 0 Å². The van der Waals surface area contributed by atoms with E-state index in [1.54, 1.807) is 0 Å². The van der Waals surface area contributed by atoms with Crippen LogP contribution in [0.2, 0.25) is 0 Å². The van der Waals surface area contributed by atoms with Crippen molar-refractivity contribution in [2.45, 2.75) is 38.7 Å². The van der Waals surface area contributed by atoms with E-state index in [-0.39, 0.29) is 0 Å². The van der Waals surface area contributed by atoms with Gasteiger partial charge in [-0.1, -0.05) is 13.3 Å². The molecule has 0 atom stereocenters. The summed E-state index contributed by atoms with van der Waals surface area (Å²) in [5.74, 6) is 0. The van der Waals surface area contributed by atoms with Gasteiger partial charge in [-0.25, -0.2) is 3.11 Å². The number of hydrogen-bond donors (Lipinski definition) is 0. The molecule has 0 bridgehead atoms. The molecule has 0 aromatic carbocycles. The largest absolute Gasteiger partial charge is 0.378 e. The highest BCUT2D eigenvalue weighted by molar-refractivity contribution is 14.1. The lowest BCUT2D eigenvalue weighted by molar-refractivity contribution is 0.0233. The van der Waals surface area contributed by atoms with Gasteiger partial charge in [0, 0.05) is 42.6 Å². The fraction of sp³-hybridized carbons (Fsp3) is 1.00. The monoisotopic (exact) mass is 283 g/mol. The maximum Gasteiger partial charge on any atom is 0.0600 e. The summed E-state index contributed by atoms with van der Waals surface area (Å²) >= 11 is 2.39. The van der Waals surface area contributed by atoms with Gasteiger partial charge in [0.1, 0.15) is 0 Å². The zero-order chi connectivity index (χ0) is 8.81. The topological polar surface area (TPSA) is 12.5 Å². The fourth-order valence-corrected chi connectivity index (χ4v) is 1.94. The zero-order valence-electron chi connectivity index (χ0n) is 7.76. The van der Waals surface area contributed by atoms with Crippen LogP contribution in [0.4, 0.5) is 0 Å². The first-order valence-corrected chi connectivity index (χ1v) is 5.81. The van der Waals surface area contributed by atoms with E-state index in [0.29, 0.717) is 6.10 Å². The summed E-state index contributed by atoms with van der Waals surface area (Å²) in [6.45, 7) is 5.55. The van der Waals surface area contributed by atoms with Crippen LogP contribution >= 0.6 is 22.9 Å². The minimum absolute atomic E-state index is 0.544. The highest BCUT2D eigenvalue weighted by Crippen LogP contribution is 2.16. The SMILES string of the molecule is CCCCOC1CCN(I)CC1. The summed E-state index contributed by atoms with van der Waals surface area (Å²) in [5.41, 5.74) is 0. The lowest BCUT2D eigenvalue weighted by Gasteiger charge is -2.27. The van der Waals surface area contributed by atoms with Crippen LogP contribution in [0.15, 0.2) is 0 Å². The van der Waals surface area contributed by atoms with Crippen molar-refractivity contribution in [3.8, 4) is 0 Å². The lowest BCUT2D eigenvalue weighted by atomic mass is 10.1. The molecule has 0 spiro atoms. The van der Waals surface area contributed by atoms with E-state index in [4.69, 9.17) is 4.74 Å². The number of unbranched alkanes of at least 4 members (excludes halogenated alkanes) is 1. The first-order chi connectivity index (χ1) is 5.83. The van der Waals surface area contributed by atoms with Gasteiger partial charge in [0.15, 0.2) is 0 Å². The Bertz CT molecular complexity index is 113. The molecule has 1 aliphatic rings. The third-order valence-electron chi connectivity index (χ3n) is 2.24. The quantitative estimate of drug-likeness (QED) is 0.447. The first-order valence-electron chi connectivity index (χ1n) is 4.85. The van der Waals surface area contributed by atoms with Crippen molar-refractivity contribution < 1.29 is 4.74 Å². The molecule has 0 N–H and O–H groups in total. The van der Waals surface area contributed by atoms with Crippen molar-refractivity contribution in [2.75, 3.05) is 19.7 Å². The van der Waals surface area contributed by atoms with Crippen LogP contribution in [-0.4, -0.2) is 28.9 Å². The van der Waals surface area contributed by atoms with Crippen LogP contribution in [-0.2, 0) is 4.74 Å². The second kappa shape index (κ2) is 6.16.